The molecule has 0 aromatic carbocycles. The number of aryl methyl sites for hydroxylation is 1. The summed E-state index contributed by atoms with van der Waals surface area (Å²) >= 11 is 0. The second-order valence-corrected chi connectivity index (χ2v) is 7.20. The Balaban J connectivity index is 2.04. The van der Waals surface area contributed by atoms with E-state index < -0.39 is 15.8 Å². The molecule has 6 nitrogen and oxygen atoms in total. The molecule has 0 atom stereocenters. The number of hydrogen-bond donors (Lipinski definition) is 1. The molecule has 0 amide bonds. The fraction of sp³-hybridized carbons (Fsp3) is 0.538. The lowest BCUT2D eigenvalue weighted by Crippen LogP contribution is -2.32. The summed E-state index contributed by atoms with van der Waals surface area (Å²) in [7, 11) is -1.53. The van der Waals surface area contributed by atoms with E-state index in [-0.39, 0.29) is 17.5 Å². The number of sulfone groups is 1. The zero-order valence-corrected chi connectivity index (χ0v) is 12.4. The van der Waals surface area contributed by atoms with Crippen LogP contribution in [0.5, 0.6) is 0 Å². The molecule has 0 unspecified atom stereocenters. The average molecular weight is 298 g/mol. The number of nitrogens with zero attached hydrogens (tertiary/aromatic N) is 1. The number of ether oxygens (including phenoxy) is 1. The van der Waals surface area contributed by atoms with Crippen molar-refractivity contribution < 1.29 is 17.9 Å². The molecule has 0 spiro atoms. The lowest BCUT2D eigenvalue weighted by molar-refractivity contribution is 0.0599. The number of pyridine rings is 1. The van der Waals surface area contributed by atoms with E-state index >= 15 is 0 Å². The van der Waals surface area contributed by atoms with Crippen molar-refractivity contribution in [1.29, 1.82) is 0 Å². The molecule has 7 heteroatoms. The third-order valence-corrected chi connectivity index (χ3v) is 5.11. The van der Waals surface area contributed by atoms with Gasteiger partial charge in [0.25, 0.3) is 0 Å². The molecule has 2 rings (SSSR count). The number of methoxy groups -OCH3 is 1. The van der Waals surface area contributed by atoms with Crippen LogP contribution in [0.2, 0.25) is 0 Å². The highest BCUT2D eigenvalue weighted by atomic mass is 32.2. The summed E-state index contributed by atoms with van der Waals surface area (Å²) in [5.74, 6) is 0.665. The van der Waals surface area contributed by atoms with Crippen LogP contribution >= 0.6 is 0 Å². The first-order chi connectivity index (χ1) is 9.41. The molecule has 0 radical (unpaired) electrons. The summed E-state index contributed by atoms with van der Waals surface area (Å²) in [4.78, 5) is 15.8. The van der Waals surface area contributed by atoms with Gasteiger partial charge in [-0.2, -0.15) is 0 Å². The first-order valence-electron chi connectivity index (χ1n) is 6.44. The molecule has 2 heterocycles. The minimum Gasteiger partial charge on any atom is -0.465 e. The fourth-order valence-electron chi connectivity index (χ4n) is 2.21. The number of hydrogen-bond acceptors (Lipinski definition) is 6. The molecule has 110 valence electrons. The van der Waals surface area contributed by atoms with Crippen molar-refractivity contribution in [3.05, 3.63) is 23.4 Å². The molecule has 1 aliphatic rings. The molecule has 1 fully saturated rings. The van der Waals surface area contributed by atoms with Gasteiger partial charge in [-0.3, -0.25) is 0 Å². The maximum Gasteiger partial charge on any atom is 0.339 e. The third kappa shape index (κ3) is 3.47. The van der Waals surface area contributed by atoms with Crippen molar-refractivity contribution in [2.75, 3.05) is 23.9 Å². The monoisotopic (exact) mass is 298 g/mol. The molecule has 0 bridgehead atoms. The normalized spacial score (nSPS) is 18.5. The van der Waals surface area contributed by atoms with Crippen LogP contribution in [0.1, 0.15) is 28.9 Å². The Morgan fingerprint density at radius 1 is 1.35 bits per heavy atom. The Morgan fingerprint density at radius 3 is 2.55 bits per heavy atom. The quantitative estimate of drug-likeness (QED) is 0.843. The van der Waals surface area contributed by atoms with E-state index in [1.165, 1.54) is 7.11 Å². The lowest BCUT2D eigenvalue weighted by atomic mass is 10.1. The summed E-state index contributed by atoms with van der Waals surface area (Å²) in [6.45, 7) is 1.74. The number of carbonyl (C=O) groups is 1. The van der Waals surface area contributed by atoms with Gasteiger partial charge >= 0.3 is 5.97 Å². The molecular weight excluding hydrogens is 280 g/mol. The largest absolute Gasteiger partial charge is 0.465 e. The molecular formula is C13H18N2O4S. The number of esters is 1. The summed E-state index contributed by atoms with van der Waals surface area (Å²) in [6.07, 6.45) is 1.17. The van der Waals surface area contributed by atoms with Gasteiger partial charge in [-0.1, -0.05) is 0 Å². The Kier molecular flexibility index (Phi) is 4.27. The highest BCUT2D eigenvalue weighted by Gasteiger charge is 2.23. The maximum atomic E-state index is 11.5. The van der Waals surface area contributed by atoms with Gasteiger partial charge in [0, 0.05) is 6.04 Å². The standard InChI is InChI=1S/C13H18N2O4S/c1-9-11(13(16)19-2)3-4-12(14-9)15-10-5-7-20(17,18)8-6-10/h3-4,10H,5-8H2,1-2H3,(H,14,15). The summed E-state index contributed by atoms with van der Waals surface area (Å²) < 4.78 is 27.4. The van der Waals surface area contributed by atoms with Crippen LogP contribution in [-0.4, -0.2) is 44.0 Å². The smallest absolute Gasteiger partial charge is 0.339 e. The molecule has 0 saturated carbocycles. The zero-order chi connectivity index (χ0) is 14.8. The predicted octanol–water partition coefficient (Wildman–Crippen LogP) is 1.17. The van der Waals surface area contributed by atoms with Crippen LogP contribution in [0.4, 0.5) is 5.82 Å². The van der Waals surface area contributed by atoms with E-state index in [1.807, 2.05) is 0 Å². The maximum absolute atomic E-state index is 11.5. The summed E-state index contributed by atoms with van der Waals surface area (Å²) in [5.41, 5.74) is 1.02. The van der Waals surface area contributed by atoms with Gasteiger partial charge < -0.3 is 10.1 Å². The third-order valence-electron chi connectivity index (χ3n) is 3.40. The molecule has 1 saturated heterocycles. The van der Waals surface area contributed by atoms with Crippen molar-refractivity contribution >= 4 is 21.6 Å². The second kappa shape index (κ2) is 5.78. The van der Waals surface area contributed by atoms with Crippen molar-refractivity contribution in [3.63, 3.8) is 0 Å². The van der Waals surface area contributed by atoms with Crippen LogP contribution in [0.3, 0.4) is 0 Å². The molecule has 20 heavy (non-hydrogen) atoms. The van der Waals surface area contributed by atoms with Gasteiger partial charge in [0.1, 0.15) is 15.7 Å². The Hall–Kier alpha value is -1.63. The highest BCUT2D eigenvalue weighted by Crippen LogP contribution is 2.18. The average Bonchev–Trinajstić information content (AvgIpc) is 2.40. The second-order valence-electron chi connectivity index (χ2n) is 4.89. The van der Waals surface area contributed by atoms with Crippen LogP contribution in [-0.2, 0) is 14.6 Å². The van der Waals surface area contributed by atoms with Crippen LogP contribution in [0.15, 0.2) is 12.1 Å². The topological polar surface area (TPSA) is 85.4 Å². The van der Waals surface area contributed by atoms with Crippen LogP contribution < -0.4 is 5.32 Å². The molecule has 1 aromatic rings. The number of carbonyl (C=O) groups excluding carboxylic acids is 1. The van der Waals surface area contributed by atoms with E-state index in [0.29, 0.717) is 29.9 Å². The summed E-state index contributed by atoms with van der Waals surface area (Å²) in [6, 6.07) is 3.48. The highest BCUT2D eigenvalue weighted by molar-refractivity contribution is 7.91. The SMILES string of the molecule is COC(=O)c1ccc(NC2CCS(=O)(=O)CC2)nc1C. The van der Waals surface area contributed by atoms with Crippen molar-refractivity contribution in [3.8, 4) is 0 Å². The fourth-order valence-corrected chi connectivity index (χ4v) is 3.70. The lowest BCUT2D eigenvalue weighted by Gasteiger charge is -2.23. The van der Waals surface area contributed by atoms with Crippen LogP contribution in [0.25, 0.3) is 0 Å². The number of nitrogens with one attached hydrogen (secondary N) is 1. The molecule has 1 N–H and O–H groups in total. The first kappa shape index (κ1) is 14.8. The van der Waals surface area contributed by atoms with Gasteiger partial charge in [0.05, 0.1) is 29.9 Å². The van der Waals surface area contributed by atoms with Crippen LogP contribution in [0, 0.1) is 6.92 Å². The zero-order valence-electron chi connectivity index (χ0n) is 11.5. The molecule has 1 aliphatic heterocycles. The number of rotatable bonds is 3. The van der Waals surface area contributed by atoms with Gasteiger partial charge in [-0.25, -0.2) is 18.2 Å². The number of aromatic nitrogens is 1. The van der Waals surface area contributed by atoms with E-state index in [9.17, 15) is 13.2 Å². The van der Waals surface area contributed by atoms with E-state index in [4.69, 9.17) is 0 Å². The first-order valence-corrected chi connectivity index (χ1v) is 8.26. The minimum absolute atomic E-state index is 0.106. The van der Waals surface area contributed by atoms with Gasteiger partial charge in [0.2, 0.25) is 0 Å². The van der Waals surface area contributed by atoms with E-state index in [0.717, 1.165) is 0 Å². The minimum atomic E-state index is -2.86. The Morgan fingerprint density at radius 2 is 2.00 bits per heavy atom. The van der Waals surface area contributed by atoms with Gasteiger partial charge in [0.15, 0.2) is 0 Å². The van der Waals surface area contributed by atoms with Crippen molar-refractivity contribution in [2.24, 2.45) is 0 Å². The van der Waals surface area contributed by atoms with Crippen molar-refractivity contribution in [2.45, 2.75) is 25.8 Å². The molecule has 0 aliphatic carbocycles. The van der Waals surface area contributed by atoms with Gasteiger partial charge in [-0.15, -0.1) is 0 Å². The van der Waals surface area contributed by atoms with Crippen molar-refractivity contribution in [1.82, 2.24) is 4.98 Å². The summed E-state index contributed by atoms with van der Waals surface area (Å²) in [5, 5.41) is 3.22. The van der Waals surface area contributed by atoms with E-state index in [1.54, 1.807) is 19.1 Å². The van der Waals surface area contributed by atoms with Gasteiger partial charge in [-0.05, 0) is 31.9 Å². The Labute approximate surface area is 118 Å². The molecule has 1 aromatic heterocycles. The Bertz CT molecular complexity index is 599. The van der Waals surface area contributed by atoms with E-state index in [2.05, 4.69) is 15.0 Å². The predicted molar refractivity (Wildman–Crippen MR) is 75.6 cm³/mol. The number of anilines is 1.